The van der Waals surface area contributed by atoms with Crippen molar-refractivity contribution in [1.29, 1.82) is 0 Å². The molecule has 0 aliphatic rings. The zero-order valence-electron chi connectivity index (χ0n) is 32.5. The highest BCUT2D eigenvalue weighted by molar-refractivity contribution is 6.63. The molecule has 0 spiro atoms. The number of hydrogen-bond acceptors (Lipinski definition) is 10. The third kappa shape index (κ3) is 13.4. The second-order valence-corrected chi connectivity index (χ2v) is 13.9. The number of carbonyl (C=O) groups is 3. The monoisotopic (exact) mass is 788 g/mol. The Bertz CT molecular complexity index is 2050. The van der Waals surface area contributed by atoms with Gasteiger partial charge in [0.05, 0.1) is 55.4 Å². The summed E-state index contributed by atoms with van der Waals surface area (Å²) in [4.78, 5) is 39.9. The lowest BCUT2D eigenvalue weighted by Gasteiger charge is -2.15. The summed E-state index contributed by atoms with van der Waals surface area (Å²) in [7, 11) is 3.13. The fraction of sp³-hybridized carbons (Fsp3) is 0.341. The van der Waals surface area contributed by atoms with E-state index in [0.717, 1.165) is 33.3 Å². The molecule has 0 aliphatic carbocycles. The van der Waals surface area contributed by atoms with E-state index in [1.54, 1.807) is 37.4 Å². The number of aromatic nitrogens is 3. The van der Waals surface area contributed by atoms with Gasteiger partial charge in [-0.2, -0.15) is 5.10 Å². The van der Waals surface area contributed by atoms with Crippen LogP contribution in [0.15, 0.2) is 85.2 Å². The maximum absolute atomic E-state index is 13.4. The summed E-state index contributed by atoms with van der Waals surface area (Å²) in [6.45, 7) is 9.95. The van der Waals surface area contributed by atoms with Gasteiger partial charge in [0.2, 0.25) is 11.1 Å². The molecule has 298 valence electrons. The normalized spacial score (nSPS) is 11.1. The predicted molar refractivity (Wildman–Crippen MR) is 217 cm³/mol. The van der Waals surface area contributed by atoms with Crippen LogP contribution in [0.3, 0.4) is 0 Å². The molecule has 15 heteroatoms. The van der Waals surface area contributed by atoms with E-state index in [4.69, 9.17) is 35.6 Å². The fourth-order valence-electron chi connectivity index (χ4n) is 5.10. The van der Waals surface area contributed by atoms with Gasteiger partial charge in [0.25, 0.3) is 0 Å². The number of amides is 3. The van der Waals surface area contributed by atoms with Gasteiger partial charge in [-0.1, -0.05) is 62.7 Å². The van der Waals surface area contributed by atoms with Gasteiger partial charge in [0.1, 0.15) is 31.4 Å². The van der Waals surface area contributed by atoms with Gasteiger partial charge in [0, 0.05) is 48.2 Å². The zero-order valence-corrected chi connectivity index (χ0v) is 33.3. The van der Waals surface area contributed by atoms with Gasteiger partial charge in [-0.05, 0) is 48.9 Å². The van der Waals surface area contributed by atoms with Crippen LogP contribution in [0.25, 0.3) is 16.5 Å². The molecule has 3 N–H and O–H groups in total. The summed E-state index contributed by atoms with van der Waals surface area (Å²) < 4.78 is 27.6. The Kier molecular flexibility index (Phi) is 16.8. The Morgan fingerprint density at radius 3 is 2.12 bits per heavy atom. The Labute approximate surface area is 331 Å². The predicted octanol–water partition coefficient (Wildman–Crippen LogP) is 7.27. The van der Waals surface area contributed by atoms with Crippen LogP contribution in [0.4, 0.5) is 22.0 Å². The first-order valence-electron chi connectivity index (χ1n) is 17.8. The summed E-state index contributed by atoms with van der Waals surface area (Å²) in [5, 5.41) is 14.8. The minimum atomic E-state index is -0.480. The molecule has 0 aliphatic heterocycles. The zero-order chi connectivity index (χ0) is 40.5. The molecule has 0 saturated carbocycles. The maximum atomic E-state index is 13.4. The van der Waals surface area contributed by atoms with Crippen LogP contribution in [0.1, 0.15) is 37.6 Å². The number of aryl methyl sites for hydroxylation is 1. The summed E-state index contributed by atoms with van der Waals surface area (Å²) in [6, 6.07) is 22.6. The third-order valence-electron chi connectivity index (χ3n) is 8.01. The molecule has 0 unspecified atom stereocenters. The van der Waals surface area contributed by atoms with Crippen molar-refractivity contribution in [1.82, 2.24) is 14.8 Å². The number of anilines is 3. The van der Waals surface area contributed by atoms with Crippen molar-refractivity contribution in [2.24, 2.45) is 0 Å². The minimum Gasteiger partial charge on any atom is -0.488 e. The van der Waals surface area contributed by atoms with Crippen molar-refractivity contribution in [3.63, 3.8) is 0 Å². The van der Waals surface area contributed by atoms with Crippen LogP contribution in [-0.2, 0) is 40.6 Å². The Morgan fingerprint density at radius 1 is 0.786 bits per heavy atom. The largest absolute Gasteiger partial charge is 0.488 e. The van der Waals surface area contributed by atoms with Gasteiger partial charge in [-0.15, -0.1) is 0 Å². The van der Waals surface area contributed by atoms with E-state index in [0.29, 0.717) is 49.4 Å². The lowest BCUT2D eigenvalue weighted by Crippen LogP contribution is -2.21. The number of methoxy groups -OCH3 is 2. The van der Waals surface area contributed by atoms with Crippen molar-refractivity contribution in [2.75, 3.05) is 69.8 Å². The number of carbonyl (C=O) groups excluding carboxylic acids is 3. The summed E-state index contributed by atoms with van der Waals surface area (Å²) in [5.41, 5.74) is 4.52. The van der Waals surface area contributed by atoms with Crippen molar-refractivity contribution < 1.29 is 38.1 Å². The molecule has 5 aromatic rings. The summed E-state index contributed by atoms with van der Waals surface area (Å²) in [6.07, 6.45) is 3.22. The lowest BCUT2D eigenvalue weighted by atomic mass is 9.92. The first kappa shape index (κ1) is 43.3. The van der Waals surface area contributed by atoms with E-state index in [1.165, 1.54) is 0 Å². The van der Waals surface area contributed by atoms with Crippen molar-refractivity contribution in [3.05, 3.63) is 102 Å². The van der Waals surface area contributed by atoms with Crippen LogP contribution < -0.4 is 20.7 Å². The topological polar surface area (TPSA) is 164 Å². The van der Waals surface area contributed by atoms with E-state index in [1.807, 2.05) is 73.7 Å². The summed E-state index contributed by atoms with van der Waals surface area (Å²) >= 11 is 4.95. The number of rotatable bonds is 17. The van der Waals surface area contributed by atoms with Crippen LogP contribution >= 0.6 is 11.6 Å². The average molecular weight is 789 g/mol. The molecule has 0 bridgehead atoms. The number of fused-ring (bicyclic) bond motifs is 1. The van der Waals surface area contributed by atoms with Gasteiger partial charge in [-0.25, -0.2) is 9.48 Å². The Hall–Kier alpha value is -5.38. The molecule has 14 nitrogen and oxygen atoms in total. The quantitative estimate of drug-likeness (QED) is 0.0645. The van der Waals surface area contributed by atoms with Crippen LogP contribution in [-0.4, -0.2) is 85.8 Å². The van der Waals surface area contributed by atoms with Gasteiger partial charge in [-0.3, -0.25) is 19.9 Å². The van der Waals surface area contributed by atoms with E-state index < -0.39 is 11.3 Å². The van der Waals surface area contributed by atoms with Crippen LogP contribution in [0.5, 0.6) is 5.75 Å². The van der Waals surface area contributed by atoms with E-state index in [9.17, 15) is 14.4 Å². The average Bonchev–Trinajstić information content (AvgIpc) is 3.60. The standard InChI is InChI=1S/C36H40N6O5.C5H9ClO3/c1-24-10-12-26(13-11-24)42-33(20-32(41-42)36(2,3)4)40-35(44)39-29-14-15-31(28-9-7-6-8-27(28)29)47-22-25-16-17-37-21-30(25)38-34(43)23-46-19-18-45-5;1-8-2-3-9-4-5(6)7/h6-17,20-21H,18-19,22-23H2,1-5H3,(H,38,43)(H2,39,40,44);2-4H2,1H3. The molecule has 5 rings (SSSR count). The number of ether oxygens (including phenoxy) is 5. The van der Waals surface area contributed by atoms with Crippen molar-refractivity contribution in [2.45, 2.75) is 39.7 Å². The molecule has 3 aromatic carbocycles. The number of pyridine rings is 1. The van der Waals surface area contributed by atoms with Crippen molar-refractivity contribution >= 4 is 56.7 Å². The molecule has 0 atom stereocenters. The van der Waals surface area contributed by atoms with Gasteiger partial charge in [0.15, 0.2) is 0 Å². The SMILES string of the molecule is COCCOCC(=O)Cl.COCCOCC(=O)Nc1cnccc1COc1ccc(NC(=O)Nc2cc(C(C)(C)C)nn2-c2ccc(C)cc2)c2ccccc12. The first-order valence-corrected chi connectivity index (χ1v) is 18.2. The minimum absolute atomic E-state index is 0.0368. The molecule has 56 heavy (non-hydrogen) atoms. The highest BCUT2D eigenvalue weighted by atomic mass is 35.5. The fourth-order valence-corrected chi connectivity index (χ4v) is 5.18. The molecular weight excluding hydrogens is 740 g/mol. The highest BCUT2D eigenvalue weighted by Gasteiger charge is 2.22. The smallest absolute Gasteiger partial charge is 0.324 e. The third-order valence-corrected chi connectivity index (χ3v) is 8.12. The second kappa shape index (κ2) is 21.6. The molecular formula is C41H49ClN6O8. The number of halogens is 1. The lowest BCUT2D eigenvalue weighted by molar-refractivity contribution is -0.121. The van der Waals surface area contributed by atoms with Crippen LogP contribution in [0.2, 0.25) is 0 Å². The molecule has 2 aromatic heterocycles. The van der Waals surface area contributed by atoms with Crippen LogP contribution in [0, 0.1) is 6.92 Å². The molecule has 0 radical (unpaired) electrons. The number of hydrogen-bond donors (Lipinski definition) is 3. The Balaban J connectivity index is 0.000000689. The van der Waals surface area contributed by atoms with E-state index >= 15 is 0 Å². The van der Waals surface area contributed by atoms with E-state index in [-0.39, 0.29) is 31.1 Å². The van der Waals surface area contributed by atoms with Crippen molar-refractivity contribution in [3.8, 4) is 11.4 Å². The molecule has 2 heterocycles. The maximum Gasteiger partial charge on any atom is 0.324 e. The number of nitrogens with zero attached hydrogens (tertiary/aromatic N) is 3. The molecule has 0 saturated heterocycles. The van der Waals surface area contributed by atoms with E-state index in [2.05, 4.69) is 46.4 Å². The highest BCUT2D eigenvalue weighted by Crippen LogP contribution is 2.33. The number of benzene rings is 3. The number of urea groups is 1. The number of nitrogens with one attached hydrogen (secondary N) is 3. The summed E-state index contributed by atoms with van der Waals surface area (Å²) in [5.74, 6) is 0.879. The second-order valence-electron chi connectivity index (χ2n) is 13.5. The van der Waals surface area contributed by atoms with Gasteiger partial charge >= 0.3 is 6.03 Å². The van der Waals surface area contributed by atoms with Gasteiger partial charge < -0.3 is 34.3 Å². The molecule has 3 amide bonds. The Morgan fingerprint density at radius 2 is 1.46 bits per heavy atom. The molecule has 0 fully saturated rings. The first-order chi connectivity index (χ1) is 26.9.